The van der Waals surface area contributed by atoms with E-state index in [1.54, 1.807) is 24.3 Å². The Bertz CT molecular complexity index is 1330. The maximum Gasteiger partial charge on any atom is 0.302 e. The number of fused-ring (bicyclic) bond motifs is 1. The molecule has 4 aromatic rings. The molecule has 9 nitrogen and oxygen atoms in total. The summed E-state index contributed by atoms with van der Waals surface area (Å²) >= 11 is 0. The van der Waals surface area contributed by atoms with E-state index in [9.17, 15) is 9.18 Å². The van der Waals surface area contributed by atoms with Gasteiger partial charge in [-0.15, -0.1) is 0 Å². The second-order valence-corrected chi connectivity index (χ2v) is 8.37. The van der Waals surface area contributed by atoms with E-state index in [2.05, 4.69) is 37.0 Å². The molecule has 0 aliphatic carbocycles. The average molecular weight is 477 g/mol. The molecule has 2 aromatic heterocycles. The van der Waals surface area contributed by atoms with Gasteiger partial charge >= 0.3 is 6.01 Å². The van der Waals surface area contributed by atoms with Crippen molar-refractivity contribution in [2.24, 2.45) is 0 Å². The number of carbonyl (C=O) groups excluding carboxylic acids is 1. The highest BCUT2D eigenvalue weighted by atomic mass is 19.1. The molecule has 1 fully saturated rings. The normalized spacial score (nSPS) is 15.2. The number of rotatable bonds is 6. The maximum absolute atomic E-state index is 13.3. The number of benzene rings is 2. The third-order valence-corrected chi connectivity index (χ3v) is 6.05. The van der Waals surface area contributed by atoms with Crippen LogP contribution in [-0.2, 0) is 4.79 Å². The number of hydrogen-bond acceptors (Lipinski definition) is 8. The van der Waals surface area contributed by atoms with Crippen LogP contribution in [0.3, 0.4) is 0 Å². The molecule has 1 unspecified atom stereocenters. The highest BCUT2D eigenvalue weighted by molar-refractivity contribution is 5.89. The fraction of sp³-hybridized carbons (Fsp3) is 0.280. The van der Waals surface area contributed by atoms with Crippen LogP contribution in [-0.4, -0.2) is 51.9 Å². The number of carbonyl (C=O) groups is 1. The van der Waals surface area contributed by atoms with Crippen molar-refractivity contribution in [3.8, 4) is 11.6 Å². The van der Waals surface area contributed by atoms with E-state index in [4.69, 9.17) is 9.15 Å². The second-order valence-electron chi connectivity index (χ2n) is 8.37. The van der Waals surface area contributed by atoms with Gasteiger partial charge in [0, 0.05) is 45.2 Å². The fourth-order valence-electron chi connectivity index (χ4n) is 4.17. The number of oxazole rings is 1. The lowest BCUT2D eigenvalue weighted by Gasteiger charge is -2.38. The zero-order chi connectivity index (χ0) is 24.4. The summed E-state index contributed by atoms with van der Waals surface area (Å²) in [7, 11) is 0. The minimum Gasteiger partial charge on any atom is -0.436 e. The van der Waals surface area contributed by atoms with Crippen LogP contribution in [0, 0.1) is 5.82 Å². The number of amides is 1. The van der Waals surface area contributed by atoms with Crippen molar-refractivity contribution in [3.63, 3.8) is 0 Å². The molecular weight excluding hydrogens is 451 g/mol. The number of anilines is 2. The van der Waals surface area contributed by atoms with Crippen LogP contribution < -0.4 is 15.0 Å². The van der Waals surface area contributed by atoms with Gasteiger partial charge in [0.2, 0.25) is 11.8 Å². The molecule has 0 spiro atoms. The van der Waals surface area contributed by atoms with Crippen molar-refractivity contribution < 1.29 is 18.3 Å². The first-order valence-corrected chi connectivity index (χ1v) is 11.4. The number of nitrogens with zero attached hydrogens (tertiary/aromatic N) is 5. The number of halogens is 1. The Labute approximate surface area is 201 Å². The Kier molecular flexibility index (Phi) is 6.28. The Morgan fingerprint density at radius 1 is 1.11 bits per heavy atom. The van der Waals surface area contributed by atoms with Gasteiger partial charge in [0.25, 0.3) is 0 Å². The standard InChI is InChI=1S/C25H25FN6O3/c1-16(18-6-8-19(26)9-7-18)31-10-12-32(13-11-31)22-14-23(28-15-27-22)34-20-4-3-5-21-24(20)30-25(35-21)29-17(2)33/h3-9,14-16H,10-13H2,1-2H3,(H,29,30,33). The van der Waals surface area contributed by atoms with Gasteiger partial charge in [0.1, 0.15) is 18.0 Å². The summed E-state index contributed by atoms with van der Waals surface area (Å²) in [5, 5.41) is 2.54. The van der Waals surface area contributed by atoms with E-state index in [-0.39, 0.29) is 23.8 Å². The lowest BCUT2D eigenvalue weighted by Crippen LogP contribution is -2.47. The minimum atomic E-state index is -0.272. The highest BCUT2D eigenvalue weighted by Gasteiger charge is 2.23. The quantitative estimate of drug-likeness (QED) is 0.438. The topological polar surface area (TPSA) is 96.6 Å². The number of hydrogen-bond donors (Lipinski definition) is 1. The first-order valence-electron chi connectivity index (χ1n) is 11.4. The Morgan fingerprint density at radius 3 is 2.63 bits per heavy atom. The first kappa shape index (κ1) is 22.7. The molecule has 0 bridgehead atoms. The number of aromatic nitrogens is 3. The molecule has 180 valence electrons. The van der Waals surface area contributed by atoms with E-state index < -0.39 is 0 Å². The molecular formula is C25H25FN6O3. The van der Waals surface area contributed by atoms with Crippen LogP contribution in [0.25, 0.3) is 11.1 Å². The van der Waals surface area contributed by atoms with Crippen molar-refractivity contribution in [3.05, 3.63) is 66.2 Å². The number of piperazine rings is 1. The van der Waals surface area contributed by atoms with Gasteiger partial charge in [-0.25, -0.2) is 14.4 Å². The average Bonchev–Trinajstić information content (AvgIpc) is 3.27. The molecule has 3 heterocycles. The van der Waals surface area contributed by atoms with E-state index in [1.165, 1.54) is 25.4 Å². The fourth-order valence-corrected chi connectivity index (χ4v) is 4.17. The van der Waals surface area contributed by atoms with Gasteiger partial charge in [-0.1, -0.05) is 18.2 Å². The predicted molar refractivity (Wildman–Crippen MR) is 129 cm³/mol. The zero-order valence-electron chi connectivity index (χ0n) is 19.4. The third-order valence-electron chi connectivity index (χ3n) is 6.05. The summed E-state index contributed by atoms with van der Waals surface area (Å²) in [6.45, 7) is 6.81. The monoisotopic (exact) mass is 476 g/mol. The molecule has 1 atom stereocenters. The van der Waals surface area contributed by atoms with Gasteiger partial charge < -0.3 is 14.1 Å². The molecule has 0 radical (unpaired) electrons. The minimum absolute atomic E-state index is 0.111. The second kappa shape index (κ2) is 9.67. The van der Waals surface area contributed by atoms with Gasteiger partial charge in [-0.3, -0.25) is 15.0 Å². The highest BCUT2D eigenvalue weighted by Crippen LogP contribution is 2.31. The Hall–Kier alpha value is -4.05. The van der Waals surface area contributed by atoms with Crippen molar-refractivity contribution >= 4 is 28.8 Å². The molecule has 1 aliphatic rings. The third kappa shape index (κ3) is 5.07. The van der Waals surface area contributed by atoms with Crippen LogP contribution in [0.4, 0.5) is 16.2 Å². The number of para-hydroxylation sites is 1. The van der Waals surface area contributed by atoms with E-state index in [0.29, 0.717) is 22.7 Å². The summed E-state index contributed by atoms with van der Waals surface area (Å²) in [5.41, 5.74) is 2.08. The molecule has 1 aliphatic heterocycles. The van der Waals surface area contributed by atoms with Crippen LogP contribution in [0.5, 0.6) is 11.6 Å². The van der Waals surface area contributed by atoms with Gasteiger partial charge in [-0.2, -0.15) is 4.98 Å². The Morgan fingerprint density at radius 2 is 1.89 bits per heavy atom. The maximum atomic E-state index is 13.3. The van der Waals surface area contributed by atoms with E-state index >= 15 is 0 Å². The van der Waals surface area contributed by atoms with Crippen molar-refractivity contribution in [2.75, 3.05) is 36.4 Å². The number of nitrogens with one attached hydrogen (secondary N) is 1. The van der Waals surface area contributed by atoms with Crippen LogP contribution in [0.15, 0.2) is 59.3 Å². The summed E-state index contributed by atoms with van der Waals surface area (Å²) in [5.74, 6) is 1.13. The molecule has 35 heavy (non-hydrogen) atoms. The van der Waals surface area contributed by atoms with Crippen molar-refractivity contribution in [2.45, 2.75) is 19.9 Å². The zero-order valence-corrected chi connectivity index (χ0v) is 19.4. The largest absolute Gasteiger partial charge is 0.436 e. The molecule has 1 N–H and O–H groups in total. The van der Waals surface area contributed by atoms with Crippen LogP contribution in [0.2, 0.25) is 0 Å². The summed E-state index contributed by atoms with van der Waals surface area (Å²) in [6, 6.07) is 14.1. The van der Waals surface area contributed by atoms with Crippen LogP contribution in [0.1, 0.15) is 25.5 Å². The number of ether oxygens (including phenoxy) is 1. The summed E-state index contributed by atoms with van der Waals surface area (Å²) in [6.07, 6.45) is 1.48. The van der Waals surface area contributed by atoms with E-state index in [0.717, 1.165) is 37.6 Å². The molecule has 2 aromatic carbocycles. The van der Waals surface area contributed by atoms with Crippen molar-refractivity contribution in [1.29, 1.82) is 0 Å². The first-order chi connectivity index (χ1) is 17.0. The van der Waals surface area contributed by atoms with Gasteiger partial charge in [0.15, 0.2) is 16.8 Å². The predicted octanol–water partition coefficient (Wildman–Crippen LogP) is 4.39. The summed E-state index contributed by atoms with van der Waals surface area (Å²) < 4.78 is 24.8. The lowest BCUT2D eigenvalue weighted by molar-refractivity contribution is -0.114. The van der Waals surface area contributed by atoms with Crippen LogP contribution >= 0.6 is 0 Å². The lowest BCUT2D eigenvalue weighted by atomic mass is 10.1. The molecule has 1 saturated heterocycles. The van der Waals surface area contributed by atoms with Gasteiger partial charge in [0.05, 0.1) is 0 Å². The smallest absolute Gasteiger partial charge is 0.302 e. The van der Waals surface area contributed by atoms with Gasteiger partial charge in [-0.05, 0) is 36.8 Å². The Balaban J connectivity index is 1.27. The van der Waals surface area contributed by atoms with Crippen molar-refractivity contribution in [1.82, 2.24) is 19.9 Å². The van der Waals surface area contributed by atoms with E-state index in [1.807, 2.05) is 12.1 Å². The molecule has 5 rings (SSSR count). The summed E-state index contributed by atoms with van der Waals surface area (Å²) in [4.78, 5) is 28.9. The SMILES string of the molecule is CC(=O)Nc1nc2c(Oc3cc(N4CCN(C(C)c5ccc(F)cc5)CC4)ncn3)cccc2o1. The molecule has 1 amide bonds. The molecule has 0 saturated carbocycles. The molecule has 10 heteroatoms.